The van der Waals surface area contributed by atoms with Crippen LogP contribution >= 0.6 is 0 Å². The monoisotopic (exact) mass is 463 g/mol. The van der Waals surface area contributed by atoms with Crippen LogP contribution in [0.1, 0.15) is 44.8 Å². The number of nitrogens with one attached hydrogen (secondary N) is 1. The summed E-state index contributed by atoms with van der Waals surface area (Å²) in [6.45, 7) is 1.11. The highest BCUT2D eigenvalue weighted by Crippen LogP contribution is 2.29. The number of pyridine rings is 1. The minimum Gasteiger partial charge on any atom is -0.478 e. The zero-order valence-electron chi connectivity index (χ0n) is 18.2. The van der Waals surface area contributed by atoms with Crippen molar-refractivity contribution in [1.29, 1.82) is 0 Å². The van der Waals surface area contributed by atoms with E-state index in [1.807, 2.05) is 0 Å². The largest absolute Gasteiger partial charge is 0.478 e. The second-order valence-electron chi connectivity index (χ2n) is 7.82. The molecule has 1 saturated heterocycles. The van der Waals surface area contributed by atoms with E-state index in [0.29, 0.717) is 47.8 Å². The molecule has 1 aliphatic rings. The van der Waals surface area contributed by atoms with Gasteiger partial charge in [-0.25, -0.2) is 9.18 Å². The van der Waals surface area contributed by atoms with Gasteiger partial charge in [0.1, 0.15) is 17.3 Å². The molecule has 0 saturated carbocycles. The highest BCUT2D eigenvalue weighted by atomic mass is 19.1. The normalized spacial score (nSPS) is 13.1. The van der Waals surface area contributed by atoms with Crippen molar-refractivity contribution in [3.8, 4) is 11.5 Å². The molecule has 9 heteroatoms. The van der Waals surface area contributed by atoms with Crippen LogP contribution in [-0.2, 0) is 17.9 Å². The SMILES string of the molecule is O=C(O)c1ccc(Oc2cc(C(=O)NCc3ccc(F)cn3)ccc2CN2CCCC2=O)cc1. The molecule has 34 heavy (non-hydrogen) atoms. The van der Waals surface area contributed by atoms with E-state index >= 15 is 0 Å². The number of hydrogen-bond acceptors (Lipinski definition) is 5. The number of aromatic nitrogens is 1. The molecular weight excluding hydrogens is 441 g/mol. The van der Waals surface area contributed by atoms with Crippen LogP contribution in [0.4, 0.5) is 4.39 Å². The van der Waals surface area contributed by atoms with E-state index in [4.69, 9.17) is 9.84 Å². The van der Waals surface area contributed by atoms with Gasteiger partial charge in [0.25, 0.3) is 5.91 Å². The highest BCUT2D eigenvalue weighted by Gasteiger charge is 2.22. The number of aromatic carboxylic acids is 1. The molecule has 4 rings (SSSR count). The Bertz CT molecular complexity index is 1210. The molecule has 0 radical (unpaired) electrons. The van der Waals surface area contributed by atoms with Gasteiger partial charge in [-0.05, 0) is 55.0 Å². The molecule has 174 valence electrons. The Labute approximate surface area is 195 Å². The number of amides is 2. The molecule has 1 aliphatic heterocycles. The molecule has 0 aliphatic carbocycles. The van der Waals surface area contributed by atoms with Gasteiger partial charge in [0.2, 0.25) is 5.91 Å². The van der Waals surface area contributed by atoms with Crippen LogP contribution < -0.4 is 10.1 Å². The summed E-state index contributed by atoms with van der Waals surface area (Å²) < 4.78 is 19.0. The van der Waals surface area contributed by atoms with Crippen LogP contribution in [0.15, 0.2) is 60.8 Å². The number of halogens is 1. The lowest BCUT2D eigenvalue weighted by molar-refractivity contribution is -0.128. The van der Waals surface area contributed by atoms with Gasteiger partial charge in [-0.2, -0.15) is 0 Å². The Morgan fingerprint density at radius 2 is 1.85 bits per heavy atom. The third-order valence-electron chi connectivity index (χ3n) is 5.41. The Morgan fingerprint density at radius 3 is 2.50 bits per heavy atom. The van der Waals surface area contributed by atoms with E-state index < -0.39 is 11.8 Å². The average molecular weight is 463 g/mol. The lowest BCUT2D eigenvalue weighted by atomic mass is 10.1. The average Bonchev–Trinajstić information content (AvgIpc) is 3.24. The molecule has 2 amide bonds. The summed E-state index contributed by atoms with van der Waals surface area (Å²) in [6, 6.07) is 13.6. The van der Waals surface area contributed by atoms with Crippen molar-refractivity contribution < 1.29 is 28.6 Å². The number of benzene rings is 2. The van der Waals surface area contributed by atoms with Gasteiger partial charge >= 0.3 is 5.97 Å². The molecular formula is C25H22FN3O5. The van der Waals surface area contributed by atoms with Crippen molar-refractivity contribution in [3.63, 3.8) is 0 Å². The number of carbonyl (C=O) groups excluding carboxylic acids is 2. The van der Waals surface area contributed by atoms with E-state index in [9.17, 15) is 18.8 Å². The summed E-state index contributed by atoms with van der Waals surface area (Å²) in [7, 11) is 0. The van der Waals surface area contributed by atoms with Gasteiger partial charge in [-0.15, -0.1) is 0 Å². The minimum absolute atomic E-state index is 0.0605. The van der Waals surface area contributed by atoms with Crippen molar-refractivity contribution in [1.82, 2.24) is 15.2 Å². The Morgan fingerprint density at radius 1 is 1.09 bits per heavy atom. The summed E-state index contributed by atoms with van der Waals surface area (Å²) in [5.74, 6) is -1.04. The number of rotatable bonds is 8. The zero-order valence-corrected chi connectivity index (χ0v) is 18.2. The van der Waals surface area contributed by atoms with E-state index in [2.05, 4.69) is 10.3 Å². The van der Waals surface area contributed by atoms with Crippen LogP contribution in [0.3, 0.4) is 0 Å². The summed E-state index contributed by atoms with van der Waals surface area (Å²) >= 11 is 0. The van der Waals surface area contributed by atoms with Gasteiger partial charge < -0.3 is 20.1 Å². The molecule has 0 spiro atoms. The Hall–Kier alpha value is -4.27. The van der Waals surface area contributed by atoms with Gasteiger partial charge in [-0.3, -0.25) is 14.6 Å². The fraction of sp³-hybridized carbons (Fsp3) is 0.200. The van der Waals surface area contributed by atoms with Crippen molar-refractivity contribution in [3.05, 3.63) is 89.0 Å². The topological polar surface area (TPSA) is 109 Å². The highest BCUT2D eigenvalue weighted by molar-refractivity contribution is 5.94. The number of ether oxygens (including phenoxy) is 1. The van der Waals surface area contributed by atoms with E-state index in [0.717, 1.165) is 12.6 Å². The molecule has 0 atom stereocenters. The Balaban J connectivity index is 1.55. The molecule has 1 fully saturated rings. The minimum atomic E-state index is -1.05. The predicted molar refractivity (Wildman–Crippen MR) is 120 cm³/mol. The summed E-state index contributed by atoms with van der Waals surface area (Å²) in [4.78, 5) is 41.6. The molecule has 2 aromatic carbocycles. The van der Waals surface area contributed by atoms with Crippen LogP contribution in [0.5, 0.6) is 11.5 Å². The number of carboxylic acid groups (broad SMARTS) is 1. The molecule has 1 aromatic heterocycles. The first-order valence-electron chi connectivity index (χ1n) is 10.7. The number of nitrogens with zero attached hydrogens (tertiary/aromatic N) is 2. The maximum Gasteiger partial charge on any atom is 0.335 e. The van der Waals surface area contributed by atoms with Crippen molar-refractivity contribution >= 4 is 17.8 Å². The van der Waals surface area contributed by atoms with Crippen molar-refractivity contribution in [2.24, 2.45) is 0 Å². The third-order valence-corrected chi connectivity index (χ3v) is 5.41. The second-order valence-corrected chi connectivity index (χ2v) is 7.82. The predicted octanol–water partition coefficient (Wildman–Crippen LogP) is 3.76. The summed E-state index contributed by atoms with van der Waals surface area (Å²) in [5, 5.41) is 11.8. The quantitative estimate of drug-likeness (QED) is 0.527. The molecule has 3 aromatic rings. The summed E-state index contributed by atoms with van der Waals surface area (Å²) in [6.07, 6.45) is 2.38. The summed E-state index contributed by atoms with van der Waals surface area (Å²) in [5.41, 5.74) is 1.68. The number of hydrogen-bond donors (Lipinski definition) is 2. The Kier molecular flexibility index (Phi) is 6.82. The van der Waals surface area contributed by atoms with E-state index in [1.165, 1.54) is 36.4 Å². The standard InChI is InChI=1S/C25H22FN3O5/c26-19-7-8-20(27-13-19)14-28-24(31)17-3-4-18(15-29-11-1-2-23(29)30)22(12-17)34-21-9-5-16(6-10-21)25(32)33/h3-10,12-13H,1-2,11,14-15H2,(H,28,31)(H,32,33). The first-order chi connectivity index (χ1) is 16.4. The van der Waals surface area contributed by atoms with E-state index in [-0.39, 0.29) is 23.9 Å². The zero-order chi connectivity index (χ0) is 24.1. The van der Waals surface area contributed by atoms with Gasteiger partial charge in [0.05, 0.1) is 24.0 Å². The van der Waals surface area contributed by atoms with Crippen LogP contribution in [0.25, 0.3) is 0 Å². The fourth-order valence-electron chi connectivity index (χ4n) is 3.57. The van der Waals surface area contributed by atoms with Crippen LogP contribution in [-0.4, -0.2) is 39.3 Å². The maximum atomic E-state index is 13.0. The first-order valence-corrected chi connectivity index (χ1v) is 10.7. The van der Waals surface area contributed by atoms with E-state index in [1.54, 1.807) is 23.1 Å². The number of carbonyl (C=O) groups is 3. The lowest BCUT2D eigenvalue weighted by Crippen LogP contribution is -2.25. The smallest absolute Gasteiger partial charge is 0.335 e. The van der Waals surface area contributed by atoms with Gasteiger partial charge in [-0.1, -0.05) is 6.07 Å². The number of likely N-dealkylation sites (tertiary alicyclic amines) is 1. The molecule has 2 heterocycles. The third kappa shape index (κ3) is 5.55. The molecule has 2 N–H and O–H groups in total. The molecule has 0 unspecified atom stereocenters. The van der Waals surface area contributed by atoms with Crippen LogP contribution in [0.2, 0.25) is 0 Å². The second kappa shape index (κ2) is 10.1. The van der Waals surface area contributed by atoms with Crippen molar-refractivity contribution in [2.75, 3.05) is 6.54 Å². The van der Waals surface area contributed by atoms with Gasteiger partial charge in [0.15, 0.2) is 0 Å². The fourth-order valence-corrected chi connectivity index (χ4v) is 3.57. The molecule has 8 nitrogen and oxygen atoms in total. The first kappa shape index (κ1) is 22.9. The van der Waals surface area contributed by atoms with Crippen molar-refractivity contribution in [2.45, 2.75) is 25.9 Å². The maximum absolute atomic E-state index is 13.0. The van der Waals surface area contributed by atoms with Crippen LogP contribution in [0, 0.1) is 5.82 Å². The number of carboxylic acids is 1. The molecule has 0 bridgehead atoms. The van der Waals surface area contributed by atoms with Gasteiger partial charge in [0, 0.05) is 30.6 Å². The lowest BCUT2D eigenvalue weighted by Gasteiger charge is -2.19.